The Bertz CT molecular complexity index is 815. The predicted molar refractivity (Wildman–Crippen MR) is 88.1 cm³/mol. The molecule has 0 radical (unpaired) electrons. The molecule has 1 atom stereocenters. The van der Waals surface area contributed by atoms with Crippen LogP contribution in [0.4, 0.5) is 5.69 Å². The summed E-state index contributed by atoms with van der Waals surface area (Å²) >= 11 is 1.61. The lowest BCUT2D eigenvalue weighted by molar-refractivity contribution is -0.118. The van der Waals surface area contributed by atoms with Crippen molar-refractivity contribution in [2.75, 3.05) is 11.9 Å². The van der Waals surface area contributed by atoms with Crippen molar-refractivity contribution in [3.8, 4) is 5.88 Å². The molecule has 0 aromatic carbocycles. The second kappa shape index (κ2) is 5.86. The number of carbonyl (C=O) groups excluding carboxylic acids is 2. The summed E-state index contributed by atoms with van der Waals surface area (Å²) in [5.74, 6) is 0.291. The van der Waals surface area contributed by atoms with Gasteiger partial charge in [-0.1, -0.05) is 0 Å². The minimum Gasteiger partial charge on any atom is -0.466 e. The van der Waals surface area contributed by atoms with Gasteiger partial charge < -0.3 is 15.4 Å². The Labute approximate surface area is 142 Å². The van der Waals surface area contributed by atoms with Gasteiger partial charge in [-0.25, -0.2) is 9.97 Å². The molecular formula is C16H16N4O3S. The van der Waals surface area contributed by atoms with Crippen molar-refractivity contribution >= 4 is 28.8 Å². The maximum absolute atomic E-state index is 12.6. The van der Waals surface area contributed by atoms with Gasteiger partial charge in [0.15, 0.2) is 6.61 Å². The van der Waals surface area contributed by atoms with Gasteiger partial charge in [-0.15, -0.1) is 11.3 Å². The van der Waals surface area contributed by atoms with Crippen LogP contribution in [0.5, 0.6) is 5.88 Å². The van der Waals surface area contributed by atoms with Crippen molar-refractivity contribution in [1.82, 2.24) is 15.3 Å². The van der Waals surface area contributed by atoms with Crippen LogP contribution in [0.1, 0.15) is 39.1 Å². The summed E-state index contributed by atoms with van der Waals surface area (Å²) in [4.78, 5) is 33.7. The molecule has 2 aromatic heterocycles. The fourth-order valence-electron chi connectivity index (χ4n) is 2.65. The molecule has 0 spiro atoms. The fourth-order valence-corrected chi connectivity index (χ4v) is 3.57. The number of anilines is 1. The van der Waals surface area contributed by atoms with E-state index in [2.05, 4.69) is 20.6 Å². The first kappa shape index (κ1) is 15.1. The smallest absolute Gasteiger partial charge is 0.262 e. The van der Waals surface area contributed by atoms with E-state index >= 15 is 0 Å². The predicted octanol–water partition coefficient (Wildman–Crippen LogP) is 2.06. The Morgan fingerprint density at radius 2 is 2.25 bits per heavy atom. The van der Waals surface area contributed by atoms with Gasteiger partial charge in [0.25, 0.3) is 11.8 Å². The monoisotopic (exact) mass is 344 g/mol. The zero-order valence-electron chi connectivity index (χ0n) is 13.0. The highest BCUT2D eigenvalue weighted by molar-refractivity contribution is 7.11. The molecule has 1 fully saturated rings. The molecule has 0 saturated heterocycles. The van der Waals surface area contributed by atoms with E-state index in [1.54, 1.807) is 17.4 Å². The van der Waals surface area contributed by atoms with Crippen LogP contribution in [-0.2, 0) is 4.79 Å². The minimum absolute atomic E-state index is 0.0568. The molecule has 2 aromatic rings. The molecule has 1 unspecified atom stereocenters. The van der Waals surface area contributed by atoms with E-state index in [1.165, 1.54) is 6.20 Å². The molecule has 7 nitrogen and oxygen atoms in total. The van der Waals surface area contributed by atoms with Gasteiger partial charge >= 0.3 is 0 Å². The third kappa shape index (κ3) is 2.96. The number of thiazole rings is 1. The average molecular weight is 344 g/mol. The quantitative estimate of drug-likeness (QED) is 0.885. The average Bonchev–Trinajstić information content (AvgIpc) is 3.32. The van der Waals surface area contributed by atoms with Crippen LogP contribution < -0.4 is 15.4 Å². The largest absolute Gasteiger partial charge is 0.466 e. The number of fused-ring (bicyclic) bond motifs is 1. The van der Waals surface area contributed by atoms with Gasteiger partial charge in [0, 0.05) is 17.3 Å². The SMILES string of the molecule is Cc1cnc(C(NC(=O)c2cnc3c(c2)NC(=O)CO3)C2CC2)s1. The highest BCUT2D eigenvalue weighted by atomic mass is 32.1. The van der Waals surface area contributed by atoms with E-state index in [0.717, 1.165) is 22.7 Å². The zero-order valence-corrected chi connectivity index (χ0v) is 13.9. The number of aromatic nitrogens is 2. The van der Waals surface area contributed by atoms with Crippen LogP contribution >= 0.6 is 11.3 Å². The number of aryl methyl sites for hydroxylation is 1. The third-order valence-electron chi connectivity index (χ3n) is 4.01. The standard InChI is InChI=1S/C16H16N4O3S/c1-8-5-18-16(24-8)13(9-2-3-9)20-14(22)10-4-11-15(17-6-10)23-7-12(21)19-11/h4-6,9,13H,2-3,7H2,1H3,(H,19,21)(H,20,22). The lowest BCUT2D eigenvalue weighted by Gasteiger charge is -2.19. The first-order chi connectivity index (χ1) is 11.6. The van der Waals surface area contributed by atoms with E-state index in [9.17, 15) is 9.59 Å². The van der Waals surface area contributed by atoms with Gasteiger partial charge in [0.05, 0.1) is 11.6 Å². The second-order valence-corrected chi connectivity index (χ2v) is 7.28. The maximum Gasteiger partial charge on any atom is 0.262 e. The molecule has 1 saturated carbocycles. The van der Waals surface area contributed by atoms with E-state index in [4.69, 9.17) is 4.74 Å². The molecule has 1 aliphatic carbocycles. The van der Waals surface area contributed by atoms with Gasteiger partial charge in [-0.05, 0) is 31.7 Å². The first-order valence-electron chi connectivity index (χ1n) is 7.76. The normalized spacial score (nSPS) is 17.5. The topological polar surface area (TPSA) is 93.2 Å². The summed E-state index contributed by atoms with van der Waals surface area (Å²) in [7, 11) is 0. The number of pyridine rings is 1. The summed E-state index contributed by atoms with van der Waals surface area (Å²) in [6.45, 7) is 1.95. The van der Waals surface area contributed by atoms with Crippen molar-refractivity contribution in [2.24, 2.45) is 5.92 Å². The van der Waals surface area contributed by atoms with E-state index in [0.29, 0.717) is 23.0 Å². The molecule has 3 heterocycles. The van der Waals surface area contributed by atoms with Crippen LogP contribution in [-0.4, -0.2) is 28.4 Å². The number of ether oxygens (including phenoxy) is 1. The second-order valence-electron chi connectivity index (χ2n) is 6.01. The molecule has 2 aliphatic rings. The van der Waals surface area contributed by atoms with Gasteiger partial charge in [-0.2, -0.15) is 0 Å². The molecule has 2 N–H and O–H groups in total. The van der Waals surface area contributed by atoms with Crippen molar-refractivity contribution in [3.63, 3.8) is 0 Å². The molecule has 124 valence electrons. The highest BCUT2D eigenvalue weighted by Gasteiger charge is 2.35. The molecule has 0 bridgehead atoms. The fraction of sp³-hybridized carbons (Fsp3) is 0.375. The summed E-state index contributed by atoms with van der Waals surface area (Å²) < 4.78 is 5.21. The van der Waals surface area contributed by atoms with Crippen molar-refractivity contribution in [3.05, 3.63) is 33.9 Å². The number of hydrogen-bond donors (Lipinski definition) is 2. The molecule has 2 amide bonds. The Kier molecular flexibility index (Phi) is 3.68. The number of carbonyl (C=O) groups is 2. The van der Waals surface area contributed by atoms with E-state index in [1.807, 2.05) is 13.1 Å². The zero-order chi connectivity index (χ0) is 16.7. The van der Waals surface area contributed by atoms with Gasteiger partial charge in [-0.3, -0.25) is 9.59 Å². The van der Waals surface area contributed by atoms with Crippen LogP contribution in [0.15, 0.2) is 18.5 Å². The summed E-state index contributed by atoms with van der Waals surface area (Å²) in [5, 5.41) is 6.66. The molecule has 24 heavy (non-hydrogen) atoms. The Morgan fingerprint density at radius 1 is 1.42 bits per heavy atom. The number of nitrogens with one attached hydrogen (secondary N) is 2. The van der Waals surface area contributed by atoms with Crippen molar-refractivity contribution in [2.45, 2.75) is 25.8 Å². The molecule has 1 aliphatic heterocycles. The van der Waals surface area contributed by atoms with E-state index in [-0.39, 0.29) is 24.5 Å². The van der Waals surface area contributed by atoms with Gasteiger partial charge in [0.2, 0.25) is 5.88 Å². The maximum atomic E-state index is 12.6. The van der Waals surface area contributed by atoms with Crippen LogP contribution in [0.2, 0.25) is 0 Å². The molecule has 4 rings (SSSR count). The number of rotatable bonds is 4. The van der Waals surface area contributed by atoms with Crippen LogP contribution in [0.25, 0.3) is 0 Å². The number of nitrogens with zero attached hydrogens (tertiary/aromatic N) is 2. The van der Waals surface area contributed by atoms with Crippen LogP contribution in [0, 0.1) is 12.8 Å². The lowest BCUT2D eigenvalue weighted by atomic mass is 10.1. The van der Waals surface area contributed by atoms with Crippen molar-refractivity contribution in [1.29, 1.82) is 0 Å². The van der Waals surface area contributed by atoms with Crippen molar-refractivity contribution < 1.29 is 14.3 Å². The minimum atomic E-state index is -0.254. The summed E-state index contributed by atoms with van der Waals surface area (Å²) in [6.07, 6.45) is 5.48. The van der Waals surface area contributed by atoms with Crippen LogP contribution in [0.3, 0.4) is 0 Å². The Hall–Kier alpha value is -2.48. The first-order valence-corrected chi connectivity index (χ1v) is 8.57. The summed E-state index contributed by atoms with van der Waals surface area (Å²) in [5.41, 5.74) is 0.811. The number of amides is 2. The third-order valence-corrected chi connectivity index (χ3v) is 5.01. The Balaban J connectivity index is 1.55. The lowest BCUT2D eigenvalue weighted by Crippen LogP contribution is -2.31. The number of hydrogen-bond acceptors (Lipinski definition) is 6. The highest BCUT2D eigenvalue weighted by Crippen LogP contribution is 2.42. The molecular weight excluding hydrogens is 328 g/mol. The van der Waals surface area contributed by atoms with Gasteiger partial charge in [0.1, 0.15) is 10.7 Å². The Morgan fingerprint density at radius 3 is 2.96 bits per heavy atom. The summed E-state index contributed by atoms with van der Waals surface area (Å²) in [6, 6.07) is 1.52. The molecule has 8 heteroatoms. The van der Waals surface area contributed by atoms with E-state index < -0.39 is 0 Å².